The van der Waals surface area contributed by atoms with Crippen LogP contribution in [0.25, 0.3) is 0 Å². The zero-order valence-corrected chi connectivity index (χ0v) is 15.8. The maximum Gasteiger partial charge on any atom is 0.343 e. The van der Waals surface area contributed by atoms with Gasteiger partial charge in [0.2, 0.25) is 0 Å². The smallest absolute Gasteiger partial charge is 0.343 e. The summed E-state index contributed by atoms with van der Waals surface area (Å²) in [6.45, 7) is 0. The summed E-state index contributed by atoms with van der Waals surface area (Å²) in [4.78, 5) is 47.3. The van der Waals surface area contributed by atoms with Gasteiger partial charge in [-0.2, -0.15) is 0 Å². The minimum atomic E-state index is -0.931. The first-order chi connectivity index (χ1) is 14.0. The van der Waals surface area contributed by atoms with Crippen LogP contribution in [-0.4, -0.2) is 37.4 Å². The molecule has 0 bridgehead atoms. The number of esters is 3. The SMILES string of the molecule is COC(=O)/C=C(/CC(CC=O)OC(=O)c1ccccc1)OC(=O)c1ccccc1. The highest BCUT2D eigenvalue weighted by Crippen LogP contribution is 2.17. The van der Waals surface area contributed by atoms with Gasteiger partial charge in [-0.05, 0) is 24.3 Å². The van der Waals surface area contributed by atoms with Gasteiger partial charge < -0.3 is 19.0 Å². The van der Waals surface area contributed by atoms with E-state index in [2.05, 4.69) is 4.74 Å². The van der Waals surface area contributed by atoms with Crippen LogP contribution in [0.5, 0.6) is 0 Å². The molecule has 0 saturated carbocycles. The van der Waals surface area contributed by atoms with Crippen molar-refractivity contribution in [1.29, 1.82) is 0 Å². The topological polar surface area (TPSA) is 96.0 Å². The van der Waals surface area contributed by atoms with Crippen molar-refractivity contribution in [2.45, 2.75) is 18.9 Å². The molecule has 0 radical (unpaired) electrons. The van der Waals surface area contributed by atoms with Gasteiger partial charge in [0.1, 0.15) is 18.1 Å². The number of carbonyl (C=O) groups is 4. The first-order valence-corrected chi connectivity index (χ1v) is 8.79. The highest BCUT2D eigenvalue weighted by molar-refractivity contribution is 5.91. The lowest BCUT2D eigenvalue weighted by molar-refractivity contribution is -0.135. The molecule has 0 aliphatic carbocycles. The number of hydrogen-bond acceptors (Lipinski definition) is 7. The Balaban J connectivity index is 2.16. The lowest BCUT2D eigenvalue weighted by Gasteiger charge is -2.17. The molecule has 29 heavy (non-hydrogen) atoms. The Hall–Kier alpha value is -3.74. The molecule has 0 aliphatic rings. The van der Waals surface area contributed by atoms with Crippen LogP contribution in [0.15, 0.2) is 72.5 Å². The van der Waals surface area contributed by atoms with Crippen molar-refractivity contribution in [1.82, 2.24) is 0 Å². The third-order valence-corrected chi connectivity index (χ3v) is 3.78. The molecular formula is C22H20O7. The Morgan fingerprint density at radius 2 is 1.45 bits per heavy atom. The van der Waals surface area contributed by atoms with Crippen molar-refractivity contribution in [2.75, 3.05) is 7.11 Å². The van der Waals surface area contributed by atoms with Crippen LogP contribution in [0, 0.1) is 0 Å². The molecule has 0 fully saturated rings. The van der Waals surface area contributed by atoms with Gasteiger partial charge in [0.15, 0.2) is 0 Å². The second kappa shape index (κ2) is 11.2. The maximum atomic E-state index is 12.3. The maximum absolute atomic E-state index is 12.3. The van der Waals surface area contributed by atoms with Gasteiger partial charge in [-0.3, -0.25) is 0 Å². The molecular weight excluding hydrogens is 376 g/mol. The predicted octanol–water partition coefficient (Wildman–Crippen LogP) is 3.11. The van der Waals surface area contributed by atoms with E-state index in [0.717, 1.165) is 6.08 Å². The third-order valence-electron chi connectivity index (χ3n) is 3.78. The van der Waals surface area contributed by atoms with Crippen LogP contribution in [0.4, 0.5) is 0 Å². The molecule has 2 rings (SSSR count). The van der Waals surface area contributed by atoms with Crippen LogP contribution in [0.2, 0.25) is 0 Å². The zero-order valence-electron chi connectivity index (χ0n) is 15.8. The number of carbonyl (C=O) groups excluding carboxylic acids is 4. The van der Waals surface area contributed by atoms with Crippen LogP contribution < -0.4 is 0 Å². The van der Waals surface area contributed by atoms with E-state index in [1.165, 1.54) is 7.11 Å². The number of hydrogen-bond donors (Lipinski definition) is 0. The van der Waals surface area contributed by atoms with Crippen molar-refractivity contribution in [3.05, 3.63) is 83.6 Å². The van der Waals surface area contributed by atoms with Crippen molar-refractivity contribution >= 4 is 24.2 Å². The third kappa shape index (κ3) is 7.06. The lowest BCUT2D eigenvalue weighted by Crippen LogP contribution is -2.21. The van der Waals surface area contributed by atoms with E-state index in [4.69, 9.17) is 9.47 Å². The first kappa shape index (κ1) is 21.6. The highest BCUT2D eigenvalue weighted by atomic mass is 16.6. The first-order valence-electron chi connectivity index (χ1n) is 8.79. The number of rotatable bonds is 9. The monoisotopic (exact) mass is 396 g/mol. The molecule has 0 N–H and O–H groups in total. The van der Waals surface area contributed by atoms with E-state index >= 15 is 0 Å². The Morgan fingerprint density at radius 1 is 0.897 bits per heavy atom. The second-order valence-corrected chi connectivity index (χ2v) is 5.89. The molecule has 150 valence electrons. The van der Waals surface area contributed by atoms with Crippen molar-refractivity contribution in [2.24, 2.45) is 0 Å². The number of benzene rings is 2. The van der Waals surface area contributed by atoms with Crippen molar-refractivity contribution in [3.8, 4) is 0 Å². The molecule has 0 spiro atoms. The summed E-state index contributed by atoms with van der Waals surface area (Å²) in [7, 11) is 1.17. The summed E-state index contributed by atoms with van der Waals surface area (Å²) in [5.41, 5.74) is 0.583. The van der Waals surface area contributed by atoms with Gasteiger partial charge in [0.25, 0.3) is 0 Å². The normalized spacial score (nSPS) is 11.8. The molecule has 0 amide bonds. The zero-order chi connectivity index (χ0) is 21.1. The van der Waals surface area contributed by atoms with E-state index in [9.17, 15) is 19.2 Å². The van der Waals surface area contributed by atoms with Gasteiger partial charge in [0.05, 0.1) is 24.3 Å². The lowest BCUT2D eigenvalue weighted by atomic mass is 10.1. The molecule has 0 aromatic heterocycles. The number of methoxy groups -OCH3 is 1. The average molecular weight is 396 g/mol. The van der Waals surface area contributed by atoms with Gasteiger partial charge >= 0.3 is 17.9 Å². The van der Waals surface area contributed by atoms with E-state index in [1.54, 1.807) is 60.7 Å². The Labute approximate surface area is 167 Å². The number of ether oxygens (including phenoxy) is 3. The minimum Gasteiger partial charge on any atom is -0.466 e. The Morgan fingerprint density at radius 3 is 1.97 bits per heavy atom. The molecule has 0 saturated heterocycles. The quantitative estimate of drug-likeness (QED) is 0.211. The van der Waals surface area contributed by atoms with Crippen LogP contribution >= 0.6 is 0 Å². The Kier molecular flexibility index (Phi) is 8.31. The van der Waals surface area contributed by atoms with Crippen LogP contribution in [0.1, 0.15) is 33.6 Å². The van der Waals surface area contributed by atoms with Crippen LogP contribution in [0.3, 0.4) is 0 Å². The molecule has 7 nitrogen and oxygen atoms in total. The summed E-state index contributed by atoms with van der Waals surface area (Å²) < 4.78 is 15.2. The molecule has 2 aromatic rings. The van der Waals surface area contributed by atoms with Crippen molar-refractivity contribution in [3.63, 3.8) is 0 Å². The number of aldehydes is 1. The summed E-state index contributed by atoms with van der Waals surface area (Å²) in [5.74, 6) is -2.16. The highest BCUT2D eigenvalue weighted by Gasteiger charge is 2.21. The minimum absolute atomic E-state index is 0.0848. The molecule has 2 aromatic carbocycles. The molecule has 7 heteroatoms. The molecule has 0 heterocycles. The van der Waals surface area contributed by atoms with Crippen LogP contribution in [-0.2, 0) is 23.8 Å². The predicted molar refractivity (Wildman–Crippen MR) is 103 cm³/mol. The molecule has 1 atom stereocenters. The van der Waals surface area contributed by atoms with E-state index in [0.29, 0.717) is 11.8 Å². The van der Waals surface area contributed by atoms with Gasteiger partial charge in [-0.15, -0.1) is 0 Å². The fourth-order valence-electron chi connectivity index (χ4n) is 2.37. The standard InChI is InChI=1S/C22H20O7/c1-27-20(24)15-19(29-22(26)17-10-6-3-7-11-17)14-18(12-13-23)28-21(25)16-8-4-2-5-9-16/h2-11,13,15,18H,12,14H2,1H3/b19-15-. The fraction of sp³-hybridized carbons (Fsp3) is 0.182. The average Bonchev–Trinajstić information content (AvgIpc) is 2.74. The summed E-state index contributed by atoms with van der Waals surface area (Å²) >= 11 is 0. The van der Waals surface area contributed by atoms with Gasteiger partial charge in [-0.1, -0.05) is 36.4 Å². The molecule has 1 unspecified atom stereocenters. The van der Waals surface area contributed by atoms with Gasteiger partial charge in [-0.25, -0.2) is 14.4 Å². The van der Waals surface area contributed by atoms with Gasteiger partial charge in [0, 0.05) is 12.8 Å². The van der Waals surface area contributed by atoms with E-state index < -0.39 is 24.0 Å². The molecule has 0 aliphatic heterocycles. The second-order valence-electron chi connectivity index (χ2n) is 5.89. The summed E-state index contributed by atoms with van der Waals surface area (Å²) in [6.07, 6.45) is 0.331. The van der Waals surface area contributed by atoms with E-state index in [1.807, 2.05) is 0 Å². The summed E-state index contributed by atoms with van der Waals surface area (Å²) in [6, 6.07) is 16.4. The fourth-order valence-corrected chi connectivity index (χ4v) is 2.37. The van der Waals surface area contributed by atoms with Crippen molar-refractivity contribution < 1.29 is 33.4 Å². The summed E-state index contributed by atoms with van der Waals surface area (Å²) in [5, 5.41) is 0. The Bertz CT molecular complexity index is 873. The van der Waals surface area contributed by atoms with E-state index in [-0.39, 0.29) is 24.2 Å². The largest absolute Gasteiger partial charge is 0.466 e.